The second kappa shape index (κ2) is 9.46. The van der Waals surface area contributed by atoms with Gasteiger partial charge in [0.15, 0.2) is 0 Å². The van der Waals surface area contributed by atoms with E-state index in [2.05, 4.69) is 10.3 Å². The highest BCUT2D eigenvalue weighted by atomic mass is 19.3. The zero-order valence-corrected chi connectivity index (χ0v) is 18.6. The number of aryl methyl sites for hydroxylation is 1. The van der Waals surface area contributed by atoms with E-state index in [4.69, 9.17) is 11.5 Å². The van der Waals surface area contributed by atoms with Crippen LogP contribution in [0.5, 0.6) is 0 Å². The number of primary amides is 1. The van der Waals surface area contributed by atoms with Gasteiger partial charge in [-0.3, -0.25) is 14.5 Å². The molecule has 10 heteroatoms. The first-order chi connectivity index (χ1) is 16.2. The monoisotopic (exact) mass is 473 g/mol. The van der Waals surface area contributed by atoms with Gasteiger partial charge in [-0.25, -0.2) is 18.2 Å². The number of benzene rings is 1. The summed E-state index contributed by atoms with van der Waals surface area (Å²) in [5.41, 5.74) is 13.4. The third-order valence-corrected chi connectivity index (χ3v) is 6.52. The molecule has 2 aromatic rings. The molecule has 2 amide bonds. The van der Waals surface area contributed by atoms with Gasteiger partial charge < -0.3 is 16.8 Å². The summed E-state index contributed by atoms with van der Waals surface area (Å²) < 4.78 is 39.9. The van der Waals surface area contributed by atoms with E-state index in [-0.39, 0.29) is 11.9 Å². The Labute approximate surface area is 195 Å². The number of halogens is 3. The molecule has 1 aliphatic heterocycles. The molecule has 3 atom stereocenters. The van der Waals surface area contributed by atoms with Crippen LogP contribution in [0.1, 0.15) is 54.6 Å². The number of amides is 2. The van der Waals surface area contributed by atoms with Gasteiger partial charge in [-0.1, -0.05) is 18.2 Å². The number of fused-ring (bicyclic) bond motifs is 1. The fourth-order valence-corrected chi connectivity index (χ4v) is 4.67. The SMILES string of the molecule is C[C@@H](C(=O)N[C@@H]1CCc2nc(N)ccc21)N1CCC(c2ccc(F)c(C(F)F)c2)=CC1C(N)=O. The quantitative estimate of drug-likeness (QED) is 0.597. The van der Waals surface area contributed by atoms with Crippen molar-refractivity contribution in [1.82, 2.24) is 15.2 Å². The molecule has 1 aromatic carbocycles. The lowest BCUT2D eigenvalue weighted by atomic mass is 9.93. The van der Waals surface area contributed by atoms with Crippen LogP contribution in [-0.2, 0) is 16.0 Å². The van der Waals surface area contributed by atoms with E-state index in [1.165, 1.54) is 6.07 Å². The molecule has 2 aliphatic rings. The Hall–Kier alpha value is -3.40. The largest absolute Gasteiger partial charge is 0.384 e. The summed E-state index contributed by atoms with van der Waals surface area (Å²) >= 11 is 0. The molecule has 0 saturated heterocycles. The first kappa shape index (κ1) is 23.7. The Balaban J connectivity index is 1.51. The fraction of sp³-hybridized carbons (Fsp3) is 0.375. The smallest absolute Gasteiger partial charge is 0.266 e. The lowest BCUT2D eigenvalue weighted by molar-refractivity contribution is -0.130. The van der Waals surface area contributed by atoms with Crippen LogP contribution in [0, 0.1) is 5.82 Å². The molecule has 0 radical (unpaired) electrons. The van der Waals surface area contributed by atoms with Crippen molar-refractivity contribution in [2.75, 3.05) is 12.3 Å². The van der Waals surface area contributed by atoms with E-state index >= 15 is 0 Å². The van der Waals surface area contributed by atoms with Gasteiger partial charge in [0.2, 0.25) is 11.8 Å². The molecular weight excluding hydrogens is 447 g/mol. The van der Waals surface area contributed by atoms with E-state index in [1.54, 1.807) is 24.0 Å². The molecule has 0 saturated carbocycles. The van der Waals surface area contributed by atoms with Gasteiger partial charge in [-0.15, -0.1) is 0 Å². The van der Waals surface area contributed by atoms with Crippen LogP contribution in [0.4, 0.5) is 19.0 Å². The highest BCUT2D eigenvalue weighted by Gasteiger charge is 2.35. The number of hydrogen-bond donors (Lipinski definition) is 3. The Morgan fingerprint density at radius 2 is 1.97 bits per heavy atom. The minimum absolute atomic E-state index is 0.201. The van der Waals surface area contributed by atoms with E-state index in [0.29, 0.717) is 42.8 Å². The van der Waals surface area contributed by atoms with Crippen molar-refractivity contribution in [3.63, 3.8) is 0 Å². The predicted octanol–water partition coefficient (Wildman–Crippen LogP) is 2.88. The number of hydrogen-bond acceptors (Lipinski definition) is 5. The van der Waals surface area contributed by atoms with Crippen molar-refractivity contribution in [1.29, 1.82) is 0 Å². The third kappa shape index (κ3) is 4.63. The first-order valence-electron chi connectivity index (χ1n) is 11.0. The highest BCUT2D eigenvalue weighted by Crippen LogP contribution is 2.32. The summed E-state index contributed by atoms with van der Waals surface area (Å²) in [4.78, 5) is 31.3. The molecule has 1 aliphatic carbocycles. The van der Waals surface area contributed by atoms with Gasteiger partial charge in [0.1, 0.15) is 17.7 Å². The van der Waals surface area contributed by atoms with Crippen molar-refractivity contribution >= 4 is 23.2 Å². The topological polar surface area (TPSA) is 114 Å². The maximum absolute atomic E-state index is 13.7. The van der Waals surface area contributed by atoms with Crippen LogP contribution >= 0.6 is 0 Å². The number of nitrogens with two attached hydrogens (primary N) is 2. The van der Waals surface area contributed by atoms with Gasteiger partial charge >= 0.3 is 0 Å². The predicted molar refractivity (Wildman–Crippen MR) is 121 cm³/mol. The van der Waals surface area contributed by atoms with E-state index in [0.717, 1.165) is 23.4 Å². The van der Waals surface area contributed by atoms with Gasteiger partial charge in [0.25, 0.3) is 6.43 Å². The number of rotatable bonds is 6. The normalized spacial score (nSPS) is 21.1. The van der Waals surface area contributed by atoms with Gasteiger partial charge in [0, 0.05) is 12.2 Å². The molecule has 0 spiro atoms. The lowest BCUT2D eigenvalue weighted by Crippen LogP contribution is -2.55. The van der Waals surface area contributed by atoms with Crippen LogP contribution in [0.15, 0.2) is 36.4 Å². The Morgan fingerprint density at radius 3 is 2.68 bits per heavy atom. The van der Waals surface area contributed by atoms with Crippen LogP contribution in [0.2, 0.25) is 0 Å². The van der Waals surface area contributed by atoms with Gasteiger partial charge in [-0.05, 0) is 61.1 Å². The highest BCUT2D eigenvalue weighted by molar-refractivity contribution is 5.88. The van der Waals surface area contributed by atoms with Crippen LogP contribution in [0.3, 0.4) is 0 Å². The van der Waals surface area contributed by atoms with Crippen LogP contribution in [0.25, 0.3) is 5.57 Å². The first-order valence-corrected chi connectivity index (χ1v) is 11.0. The summed E-state index contributed by atoms with van der Waals surface area (Å²) in [5.74, 6) is -1.49. The molecule has 4 rings (SSSR count). The second-order valence-electron chi connectivity index (χ2n) is 8.61. The fourth-order valence-electron chi connectivity index (χ4n) is 4.67. The number of aromatic nitrogens is 1. The minimum Gasteiger partial charge on any atom is -0.384 e. The van der Waals surface area contributed by atoms with Crippen molar-refractivity contribution < 1.29 is 22.8 Å². The molecular formula is C24H26F3N5O2. The Bertz CT molecular complexity index is 1150. The number of nitrogens with zero attached hydrogens (tertiary/aromatic N) is 2. The van der Waals surface area contributed by atoms with Crippen molar-refractivity contribution in [3.05, 3.63) is 64.6 Å². The third-order valence-electron chi connectivity index (χ3n) is 6.52. The lowest BCUT2D eigenvalue weighted by Gasteiger charge is -2.37. The van der Waals surface area contributed by atoms with E-state index in [9.17, 15) is 22.8 Å². The number of carbonyl (C=O) groups excluding carboxylic acids is 2. The molecule has 180 valence electrons. The van der Waals surface area contributed by atoms with E-state index < -0.39 is 35.8 Å². The number of carbonyl (C=O) groups is 2. The Kier molecular flexibility index (Phi) is 6.60. The van der Waals surface area contributed by atoms with Crippen molar-refractivity contribution in [2.24, 2.45) is 5.73 Å². The van der Waals surface area contributed by atoms with Crippen molar-refractivity contribution in [3.8, 4) is 0 Å². The average Bonchev–Trinajstić information content (AvgIpc) is 3.19. The van der Waals surface area contributed by atoms with Crippen molar-refractivity contribution in [2.45, 2.75) is 50.7 Å². The number of nitrogens with one attached hydrogen (secondary N) is 1. The molecule has 7 nitrogen and oxygen atoms in total. The number of pyridine rings is 1. The molecule has 5 N–H and O–H groups in total. The molecule has 2 heterocycles. The molecule has 0 fully saturated rings. The summed E-state index contributed by atoms with van der Waals surface area (Å²) in [6.45, 7) is 1.99. The van der Waals surface area contributed by atoms with Crippen LogP contribution < -0.4 is 16.8 Å². The average molecular weight is 473 g/mol. The zero-order valence-electron chi connectivity index (χ0n) is 18.6. The van der Waals surface area contributed by atoms with Gasteiger partial charge in [-0.2, -0.15) is 0 Å². The molecule has 1 aromatic heterocycles. The van der Waals surface area contributed by atoms with E-state index in [1.807, 2.05) is 6.07 Å². The number of alkyl halides is 2. The zero-order chi connectivity index (χ0) is 24.6. The summed E-state index contributed by atoms with van der Waals surface area (Å²) in [6.07, 6.45) is 0.395. The second-order valence-corrected chi connectivity index (χ2v) is 8.61. The molecule has 0 bridgehead atoms. The number of nitrogen functional groups attached to an aromatic ring is 1. The summed E-state index contributed by atoms with van der Waals surface area (Å²) in [5, 5.41) is 3.02. The number of anilines is 1. The molecule has 1 unspecified atom stereocenters. The van der Waals surface area contributed by atoms with Crippen LogP contribution in [-0.4, -0.2) is 40.3 Å². The van der Waals surface area contributed by atoms with Gasteiger partial charge in [0.05, 0.1) is 17.6 Å². The maximum Gasteiger partial charge on any atom is 0.266 e. The summed E-state index contributed by atoms with van der Waals surface area (Å²) in [7, 11) is 0. The maximum atomic E-state index is 13.7. The summed E-state index contributed by atoms with van der Waals surface area (Å²) in [6, 6.07) is 5.24. The molecule has 34 heavy (non-hydrogen) atoms. The minimum atomic E-state index is -2.95. The standard InChI is InChI=1S/C24H26F3N5O2/c1-12(24(34)31-19-6-5-18-15(19)3-7-21(28)30-18)32-9-8-14(11-20(32)23(29)33)13-2-4-17(25)16(10-13)22(26)27/h2-4,7,10-12,19-20,22H,5-6,8-9H2,1H3,(H2,28,30)(H2,29,33)(H,31,34)/t12-,19+,20?/m0/s1. The Morgan fingerprint density at radius 1 is 1.21 bits per heavy atom.